The van der Waals surface area contributed by atoms with Gasteiger partial charge in [0.15, 0.2) is 11.2 Å². The minimum Gasteiger partial charge on any atom is -0.456 e. The second kappa shape index (κ2) is 6.53. The summed E-state index contributed by atoms with van der Waals surface area (Å²) in [5, 5.41) is 3.70. The maximum absolute atomic E-state index is 6.59. The van der Waals surface area contributed by atoms with Crippen molar-refractivity contribution in [2.45, 2.75) is 46.0 Å². The van der Waals surface area contributed by atoms with Gasteiger partial charge in [0.25, 0.3) is 6.33 Å². The molecule has 0 bridgehead atoms. The number of hydrogen-bond donors (Lipinski definition) is 0. The van der Waals surface area contributed by atoms with Gasteiger partial charge in [0.2, 0.25) is 0 Å². The van der Waals surface area contributed by atoms with Crippen molar-refractivity contribution in [2.24, 2.45) is 13.0 Å². The predicted octanol–water partition coefficient (Wildman–Crippen LogP) is 6.33. The Labute approximate surface area is 177 Å². The van der Waals surface area contributed by atoms with Crippen LogP contribution in [0.4, 0.5) is 0 Å². The molecule has 0 N–H and O–H groups in total. The van der Waals surface area contributed by atoms with Crippen LogP contribution in [0.25, 0.3) is 32.9 Å². The zero-order valence-electron chi connectivity index (χ0n) is 18.0. The molecule has 2 aliphatic rings. The van der Waals surface area contributed by atoms with E-state index in [4.69, 9.17) is 9.72 Å². The third-order valence-corrected chi connectivity index (χ3v) is 7.14. The Balaban J connectivity index is 1.62. The van der Waals surface area contributed by atoms with Crippen molar-refractivity contribution in [3.63, 3.8) is 0 Å². The number of ether oxygens (including phenoxy) is 1. The van der Waals surface area contributed by atoms with Crippen LogP contribution in [0.15, 0.2) is 42.7 Å². The number of benzene rings is 3. The van der Waals surface area contributed by atoms with E-state index in [-0.39, 0.29) is 0 Å². The number of aryl methyl sites for hydroxylation is 3. The van der Waals surface area contributed by atoms with E-state index in [0.717, 1.165) is 34.7 Å². The summed E-state index contributed by atoms with van der Waals surface area (Å²) in [6.07, 6.45) is 8.54. The highest BCUT2D eigenvalue weighted by Crippen LogP contribution is 2.48. The van der Waals surface area contributed by atoms with Gasteiger partial charge in [0, 0.05) is 0 Å². The standard InChI is InChI=1S/C27H27N2O/c1-16-7-6-10-20-14-23-25(17(2)24(16)20)27-26-21(28-15-29(27)3)12-19(13-22(26)30-23)11-18-8-4-5-9-18/h6-7,10,12-15,18H,4-5,8-9,11H2,1-3H3/q+1. The first kappa shape index (κ1) is 17.9. The van der Waals surface area contributed by atoms with Crippen LogP contribution in [-0.4, -0.2) is 4.98 Å². The van der Waals surface area contributed by atoms with Crippen molar-refractivity contribution < 1.29 is 9.30 Å². The molecule has 3 heteroatoms. The normalized spacial score (nSPS) is 15.6. The van der Waals surface area contributed by atoms with Crippen LogP contribution >= 0.6 is 0 Å². The highest BCUT2D eigenvalue weighted by Gasteiger charge is 2.30. The highest BCUT2D eigenvalue weighted by molar-refractivity contribution is 6.04. The molecule has 3 aromatic carbocycles. The molecule has 1 aliphatic heterocycles. The number of hydrogen-bond acceptors (Lipinski definition) is 2. The van der Waals surface area contributed by atoms with Gasteiger partial charge in [0.05, 0.1) is 12.6 Å². The van der Waals surface area contributed by atoms with Crippen LogP contribution < -0.4 is 9.30 Å². The monoisotopic (exact) mass is 395 g/mol. The summed E-state index contributed by atoms with van der Waals surface area (Å²) in [5.41, 5.74) is 7.40. The van der Waals surface area contributed by atoms with E-state index in [1.165, 1.54) is 64.4 Å². The number of aromatic nitrogens is 2. The van der Waals surface area contributed by atoms with E-state index in [0.29, 0.717) is 0 Å². The zero-order chi connectivity index (χ0) is 20.4. The van der Waals surface area contributed by atoms with Crippen LogP contribution in [0.1, 0.15) is 42.4 Å². The van der Waals surface area contributed by atoms with E-state index in [9.17, 15) is 0 Å². The van der Waals surface area contributed by atoms with Gasteiger partial charge in [-0.05, 0) is 76.8 Å². The SMILES string of the molecule is Cc1cccc2cc3c(c(C)c12)-c1c2c(cc(CC4CCCC4)cc2nc[n+]1C)O3. The molecule has 1 aromatic heterocycles. The Morgan fingerprint density at radius 1 is 1.03 bits per heavy atom. The molecular formula is C27H27N2O+. The smallest absolute Gasteiger partial charge is 0.287 e. The molecule has 150 valence electrons. The van der Waals surface area contributed by atoms with Crippen molar-refractivity contribution in [1.29, 1.82) is 0 Å². The van der Waals surface area contributed by atoms with Crippen LogP contribution in [0, 0.1) is 19.8 Å². The Hall–Kier alpha value is -2.94. The van der Waals surface area contributed by atoms with Crippen molar-refractivity contribution >= 4 is 21.7 Å². The molecule has 1 fully saturated rings. The van der Waals surface area contributed by atoms with Gasteiger partial charge in [-0.25, -0.2) is 4.57 Å². The quantitative estimate of drug-likeness (QED) is 0.326. The topological polar surface area (TPSA) is 26.0 Å². The van der Waals surface area contributed by atoms with Crippen molar-refractivity contribution in [3.8, 4) is 22.8 Å². The highest BCUT2D eigenvalue weighted by atomic mass is 16.5. The molecule has 1 aliphatic carbocycles. The maximum Gasteiger partial charge on any atom is 0.287 e. The van der Waals surface area contributed by atoms with Crippen molar-refractivity contribution in [3.05, 3.63) is 59.4 Å². The molecule has 0 atom stereocenters. The Kier molecular flexibility index (Phi) is 3.89. The minimum atomic E-state index is 0.805. The van der Waals surface area contributed by atoms with Crippen molar-refractivity contribution in [1.82, 2.24) is 4.98 Å². The lowest BCUT2D eigenvalue weighted by molar-refractivity contribution is -0.662. The first-order valence-electron chi connectivity index (χ1n) is 11.1. The van der Waals surface area contributed by atoms with Gasteiger partial charge in [-0.15, -0.1) is 0 Å². The van der Waals surface area contributed by atoms with Gasteiger partial charge >= 0.3 is 0 Å². The van der Waals surface area contributed by atoms with Gasteiger partial charge in [-0.2, -0.15) is 0 Å². The second-order valence-electron chi connectivity index (χ2n) is 9.20. The van der Waals surface area contributed by atoms with Gasteiger partial charge in [-0.3, -0.25) is 0 Å². The molecule has 2 heterocycles. The fourth-order valence-corrected chi connectivity index (χ4v) is 5.77. The third kappa shape index (κ3) is 2.57. The van der Waals surface area contributed by atoms with E-state index in [1.807, 2.05) is 6.33 Å². The number of fused-ring (bicyclic) bond motifs is 3. The van der Waals surface area contributed by atoms with Crippen molar-refractivity contribution in [2.75, 3.05) is 0 Å². The van der Waals surface area contributed by atoms with Crippen LogP contribution in [-0.2, 0) is 13.5 Å². The summed E-state index contributed by atoms with van der Waals surface area (Å²) in [6.45, 7) is 4.42. The summed E-state index contributed by atoms with van der Waals surface area (Å²) in [6, 6.07) is 13.3. The summed E-state index contributed by atoms with van der Waals surface area (Å²) < 4.78 is 8.74. The lowest BCUT2D eigenvalue weighted by Gasteiger charge is -2.23. The first-order chi connectivity index (χ1) is 14.6. The fourth-order valence-electron chi connectivity index (χ4n) is 5.77. The zero-order valence-corrected chi connectivity index (χ0v) is 18.0. The molecular weight excluding hydrogens is 368 g/mol. The Morgan fingerprint density at radius 3 is 2.70 bits per heavy atom. The lowest BCUT2D eigenvalue weighted by atomic mass is 9.90. The van der Waals surface area contributed by atoms with E-state index >= 15 is 0 Å². The van der Waals surface area contributed by atoms with Crippen LogP contribution in [0.5, 0.6) is 11.5 Å². The van der Waals surface area contributed by atoms with Gasteiger partial charge in [0.1, 0.15) is 16.9 Å². The summed E-state index contributed by atoms with van der Waals surface area (Å²) in [5.74, 6) is 2.72. The average molecular weight is 396 g/mol. The van der Waals surface area contributed by atoms with E-state index in [2.05, 4.69) is 61.9 Å². The Morgan fingerprint density at radius 2 is 1.87 bits per heavy atom. The summed E-state index contributed by atoms with van der Waals surface area (Å²) in [4.78, 5) is 4.78. The van der Waals surface area contributed by atoms with Crippen LogP contribution in [0.2, 0.25) is 0 Å². The van der Waals surface area contributed by atoms with Gasteiger partial charge in [-0.1, -0.05) is 43.9 Å². The molecule has 0 unspecified atom stereocenters. The first-order valence-corrected chi connectivity index (χ1v) is 11.1. The largest absolute Gasteiger partial charge is 0.456 e. The average Bonchev–Trinajstić information content (AvgIpc) is 3.23. The maximum atomic E-state index is 6.59. The molecule has 3 nitrogen and oxygen atoms in total. The van der Waals surface area contributed by atoms with E-state index in [1.54, 1.807) is 0 Å². The van der Waals surface area contributed by atoms with Crippen LogP contribution in [0.3, 0.4) is 0 Å². The molecule has 0 saturated heterocycles. The van der Waals surface area contributed by atoms with E-state index < -0.39 is 0 Å². The lowest BCUT2D eigenvalue weighted by Crippen LogP contribution is -2.33. The minimum absolute atomic E-state index is 0.805. The molecule has 0 spiro atoms. The third-order valence-electron chi connectivity index (χ3n) is 7.14. The number of rotatable bonds is 2. The summed E-state index contributed by atoms with van der Waals surface area (Å²) in [7, 11) is 2.09. The molecule has 1 saturated carbocycles. The second-order valence-corrected chi connectivity index (χ2v) is 9.20. The summed E-state index contributed by atoms with van der Waals surface area (Å²) >= 11 is 0. The molecule has 30 heavy (non-hydrogen) atoms. The molecule has 4 aromatic rings. The Bertz CT molecular complexity index is 1330. The fraction of sp³-hybridized carbons (Fsp3) is 0.333. The van der Waals surface area contributed by atoms with Gasteiger partial charge < -0.3 is 4.74 Å². The molecule has 6 rings (SSSR count). The number of nitrogens with zero attached hydrogens (tertiary/aromatic N) is 2. The predicted molar refractivity (Wildman–Crippen MR) is 121 cm³/mol. The molecule has 0 radical (unpaired) electrons. The molecule has 0 amide bonds.